The van der Waals surface area contributed by atoms with Gasteiger partial charge in [0.15, 0.2) is 5.76 Å². The van der Waals surface area contributed by atoms with E-state index in [0.29, 0.717) is 5.76 Å². The van der Waals surface area contributed by atoms with Gasteiger partial charge in [0, 0.05) is 5.38 Å². The van der Waals surface area contributed by atoms with Crippen LogP contribution >= 0.6 is 11.3 Å². The molecule has 1 unspecified atom stereocenters. The van der Waals surface area contributed by atoms with Crippen molar-refractivity contribution in [3.8, 4) is 0 Å². The molecule has 0 saturated heterocycles. The van der Waals surface area contributed by atoms with Crippen LogP contribution in [0.2, 0.25) is 0 Å². The lowest BCUT2D eigenvalue weighted by Gasteiger charge is -2.09. The van der Waals surface area contributed by atoms with Gasteiger partial charge >= 0.3 is 0 Å². The highest BCUT2D eigenvalue weighted by Crippen LogP contribution is 2.16. The zero-order chi connectivity index (χ0) is 12.4. The van der Waals surface area contributed by atoms with Gasteiger partial charge in [0.25, 0.3) is 5.91 Å². The summed E-state index contributed by atoms with van der Waals surface area (Å²) in [7, 11) is 0. The molecule has 0 aliphatic carbocycles. The van der Waals surface area contributed by atoms with Crippen molar-refractivity contribution in [1.29, 1.82) is 0 Å². The van der Waals surface area contributed by atoms with Gasteiger partial charge in [-0.1, -0.05) is 0 Å². The standard InChI is InChI=1S/C12H14N2O2S/c1-7-4-5-11(16-7)12(15)13-8(2)10-6-17-9(3)14-10/h4-6,8H,1-3H3,(H,13,15). The van der Waals surface area contributed by atoms with Crippen LogP contribution in [0, 0.1) is 13.8 Å². The topological polar surface area (TPSA) is 55.1 Å². The molecule has 0 aliphatic heterocycles. The second-order valence-corrected chi connectivity index (χ2v) is 4.96. The van der Waals surface area contributed by atoms with Crippen LogP contribution in [0.15, 0.2) is 21.9 Å². The van der Waals surface area contributed by atoms with Crippen LogP contribution in [0.3, 0.4) is 0 Å². The Morgan fingerprint density at radius 3 is 2.76 bits per heavy atom. The summed E-state index contributed by atoms with van der Waals surface area (Å²) in [5.74, 6) is 0.852. The first-order valence-electron chi connectivity index (χ1n) is 5.35. The molecule has 2 rings (SSSR count). The SMILES string of the molecule is Cc1ccc(C(=O)NC(C)c2csc(C)n2)o1. The number of rotatable bonds is 3. The predicted octanol–water partition coefficient (Wildman–Crippen LogP) is 2.84. The lowest BCUT2D eigenvalue weighted by Crippen LogP contribution is -2.26. The number of carbonyl (C=O) groups excluding carboxylic acids is 1. The van der Waals surface area contributed by atoms with Crippen LogP contribution in [-0.2, 0) is 0 Å². The minimum Gasteiger partial charge on any atom is -0.456 e. The van der Waals surface area contributed by atoms with Crippen molar-refractivity contribution in [3.63, 3.8) is 0 Å². The van der Waals surface area contributed by atoms with Crippen LogP contribution in [0.4, 0.5) is 0 Å². The average Bonchev–Trinajstić information content (AvgIpc) is 2.87. The van der Waals surface area contributed by atoms with E-state index in [2.05, 4.69) is 10.3 Å². The molecule has 0 aromatic carbocycles. The van der Waals surface area contributed by atoms with E-state index in [0.717, 1.165) is 16.5 Å². The van der Waals surface area contributed by atoms with E-state index in [9.17, 15) is 4.79 Å². The highest BCUT2D eigenvalue weighted by atomic mass is 32.1. The van der Waals surface area contributed by atoms with E-state index >= 15 is 0 Å². The minimum atomic E-state index is -0.212. The number of furan rings is 1. The van der Waals surface area contributed by atoms with Gasteiger partial charge in [-0.25, -0.2) is 4.98 Å². The summed E-state index contributed by atoms with van der Waals surface area (Å²) >= 11 is 1.57. The van der Waals surface area contributed by atoms with E-state index in [4.69, 9.17) is 4.42 Å². The van der Waals surface area contributed by atoms with E-state index in [-0.39, 0.29) is 11.9 Å². The Bertz CT molecular complexity index is 530. The second-order valence-electron chi connectivity index (χ2n) is 3.90. The first-order chi connectivity index (χ1) is 8.06. The third-order valence-electron chi connectivity index (χ3n) is 2.39. The average molecular weight is 250 g/mol. The summed E-state index contributed by atoms with van der Waals surface area (Å²) < 4.78 is 5.26. The molecule has 2 aromatic heterocycles. The molecule has 0 radical (unpaired) electrons. The molecule has 1 atom stereocenters. The van der Waals surface area contributed by atoms with Crippen molar-refractivity contribution in [2.24, 2.45) is 0 Å². The van der Waals surface area contributed by atoms with Crippen LogP contribution in [0.25, 0.3) is 0 Å². The number of carbonyl (C=O) groups is 1. The van der Waals surface area contributed by atoms with E-state index in [1.165, 1.54) is 0 Å². The highest BCUT2D eigenvalue weighted by molar-refractivity contribution is 7.09. The predicted molar refractivity (Wildman–Crippen MR) is 66.2 cm³/mol. The van der Waals surface area contributed by atoms with Crippen LogP contribution in [-0.4, -0.2) is 10.9 Å². The van der Waals surface area contributed by atoms with Crippen molar-refractivity contribution >= 4 is 17.2 Å². The van der Waals surface area contributed by atoms with Crippen LogP contribution < -0.4 is 5.32 Å². The van der Waals surface area contributed by atoms with Crippen molar-refractivity contribution in [3.05, 3.63) is 39.7 Å². The lowest BCUT2D eigenvalue weighted by atomic mass is 10.2. The first-order valence-corrected chi connectivity index (χ1v) is 6.23. The number of aryl methyl sites for hydroxylation is 2. The molecule has 1 amide bonds. The van der Waals surface area contributed by atoms with Gasteiger partial charge in [0.1, 0.15) is 5.76 Å². The Morgan fingerprint density at radius 2 is 2.24 bits per heavy atom. The van der Waals surface area contributed by atoms with Crippen LogP contribution in [0.5, 0.6) is 0 Å². The molecule has 2 heterocycles. The number of aromatic nitrogens is 1. The number of hydrogen-bond acceptors (Lipinski definition) is 4. The largest absolute Gasteiger partial charge is 0.456 e. The van der Waals surface area contributed by atoms with Crippen molar-refractivity contribution < 1.29 is 9.21 Å². The zero-order valence-corrected chi connectivity index (χ0v) is 10.8. The second kappa shape index (κ2) is 4.71. The minimum absolute atomic E-state index is 0.113. The molecule has 2 aromatic rings. The van der Waals surface area contributed by atoms with E-state index < -0.39 is 0 Å². The summed E-state index contributed by atoms with van der Waals surface area (Å²) in [5, 5.41) is 5.80. The Balaban J connectivity index is 2.04. The number of amides is 1. The van der Waals surface area contributed by atoms with Gasteiger partial charge in [-0.3, -0.25) is 4.79 Å². The van der Waals surface area contributed by atoms with Crippen LogP contribution in [0.1, 0.15) is 40.0 Å². The molecule has 0 aliphatic rings. The lowest BCUT2D eigenvalue weighted by molar-refractivity contribution is 0.0910. The maximum absolute atomic E-state index is 11.8. The number of hydrogen-bond donors (Lipinski definition) is 1. The fourth-order valence-electron chi connectivity index (χ4n) is 1.48. The molecule has 5 heteroatoms. The summed E-state index contributed by atoms with van der Waals surface area (Å²) in [5.41, 5.74) is 0.879. The smallest absolute Gasteiger partial charge is 0.287 e. The normalized spacial score (nSPS) is 12.4. The summed E-state index contributed by atoms with van der Waals surface area (Å²) in [4.78, 5) is 16.2. The van der Waals surface area contributed by atoms with Gasteiger partial charge in [0.2, 0.25) is 0 Å². The third-order valence-corrected chi connectivity index (χ3v) is 3.18. The van der Waals surface area contributed by atoms with Crippen molar-refractivity contribution in [2.45, 2.75) is 26.8 Å². The quantitative estimate of drug-likeness (QED) is 0.911. The van der Waals surface area contributed by atoms with Gasteiger partial charge in [-0.2, -0.15) is 0 Å². The van der Waals surface area contributed by atoms with Gasteiger partial charge < -0.3 is 9.73 Å². The fraction of sp³-hybridized carbons (Fsp3) is 0.333. The molecule has 90 valence electrons. The Kier molecular flexibility index (Phi) is 3.28. The summed E-state index contributed by atoms with van der Waals surface area (Å²) in [6.45, 7) is 5.66. The van der Waals surface area contributed by atoms with Crippen molar-refractivity contribution in [1.82, 2.24) is 10.3 Å². The van der Waals surface area contributed by atoms with Gasteiger partial charge in [0.05, 0.1) is 16.7 Å². The third kappa shape index (κ3) is 2.74. The Labute approximate surface area is 104 Å². The van der Waals surface area contributed by atoms with Gasteiger partial charge in [-0.15, -0.1) is 11.3 Å². The molecule has 0 bridgehead atoms. The zero-order valence-electron chi connectivity index (χ0n) is 9.98. The number of nitrogens with one attached hydrogen (secondary N) is 1. The Hall–Kier alpha value is -1.62. The maximum atomic E-state index is 11.8. The molecule has 0 fully saturated rings. The van der Waals surface area contributed by atoms with E-state index in [1.54, 1.807) is 23.5 Å². The maximum Gasteiger partial charge on any atom is 0.287 e. The molecule has 17 heavy (non-hydrogen) atoms. The number of thiazole rings is 1. The molecule has 0 spiro atoms. The molecule has 4 nitrogen and oxygen atoms in total. The van der Waals surface area contributed by atoms with E-state index in [1.807, 2.05) is 26.2 Å². The molecule has 1 N–H and O–H groups in total. The fourth-order valence-corrected chi connectivity index (χ4v) is 2.18. The Morgan fingerprint density at radius 1 is 1.47 bits per heavy atom. The highest BCUT2D eigenvalue weighted by Gasteiger charge is 2.15. The summed E-state index contributed by atoms with van der Waals surface area (Å²) in [6.07, 6.45) is 0. The van der Waals surface area contributed by atoms with Gasteiger partial charge in [-0.05, 0) is 32.9 Å². The summed E-state index contributed by atoms with van der Waals surface area (Å²) in [6, 6.07) is 3.33. The monoisotopic (exact) mass is 250 g/mol. The molecule has 0 saturated carbocycles. The number of nitrogens with zero attached hydrogens (tertiary/aromatic N) is 1. The molecular formula is C12H14N2O2S. The molecular weight excluding hydrogens is 236 g/mol. The first kappa shape index (κ1) is 11.9. The van der Waals surface area contributed by atoms with Crippen molar-refractivity contribution in [2.75, 3.05) is 0 Å².